The zero-order valence-corrected chi connectivity index (χ0v) is 19.0. The van der Waals surface area contributed by atoms with Gasteiger partial charge in [-0.05, 0) is 81.3 Å². The third-order valence-electron chi connectivity index (χ3n) is 6.58. The average Bonchev–Trinajstić information content (AvgIpc) is 3.63. The van der Waals surface area contributed by atoms with Gasteiger partial charge < -0.3 is 15.5 Å². The van der Waals surface area contributed by atoms with Crippen molar-refractivity contribution in [3.8, 4) is 0 Å². The van der Waals surface area contributed by atoms with Gasteiger partial charge in [-0.3, -0.25) is 14.6 Å². The second-order valence-corrected chi connectivity index (χ2v) is 9.08. The maximum atomic E-state index is 13.1. The molecular formula is C26H33FN4O2. The molecule has 1 unspecified atom stereocenters. The van der Waals surface area contributed by atoms with Gasteiger partial charge in [0.2, 0.25) is 5.91 Å². The van der Waals surface area contributed by atoms with Gasteiger partial charge in [-0.15, -0.1) is 0 Å². The molecule has 1 aromatic heterocycles. The SMILES string of the molecule is O=C(NC(CCCCN[C@@H]1C[C@H]1c1ccc(F)cc1)C(=O)N1CCCCC1)c1ccccn1. The normalized spacial score (nSPS) is 20.8. The molecule has 1 aliphatic carbocycles. The molecule has 0 radical (unpaired) electrons. The minimum atomic E-state index is -0.523. The molecule has 6 nitrogen and oxygen atoms in total. The fraction of sp³-hybridized carbons (Fsp3) is 0.500. The maximum absolute atomic E-state index is 13.1. The number of amides is 2. The van der Waals surface area contributed by atoms with Crippen LogP contribution in [0.3, 0.4) is 0 Å². The highest BCUT2D eigenvalue weighted by atomic mass is 19.1. The first-order chi connectivity index (χ1) is 16.1. The minimum absolute atomic E-state index is 0.0190. The number of hydrogen-bond acceptors (Lipinski definition) is 4. The Morgan fingerprint density at radius 2 is 1.85 bits per heavy atom. The van der Waals surface area contributed by atoms with Crippen LogP contribution in [0.2, 0.25) is 0 Å². The van der Waals surface area contributed by atoms with Gasteiger partial charge in [-0.2, -0.15) is 0 Å². The molecule has 7 heteroatoms. The van der Waals surface area contributed by atoms with Crippen molar-refractivity contribution in [3.63, 3.8) is 0 Å². The van der Waals surface area contributed by atoms with Crippen LogP contribution in [0.4, 0.5) is 4.39 Å². The number of likely N-dealkylation sites (tertiary alicyclic amines) is 1. The summed E-state index contributed by atoms with van der Waals surface area (Å²) in [5.74, 6) is -0.0286. The van der Waals surface area contributed by atoms with Gasteiger partial charge in [0.05, 0.1) is 0 Å². The predicted octanol–water partition coefficient (Wildman–Crippen LogP) is 3.65. The Kier molecular flexibility index (Phi) is 8.05. The predicted molar refractivity (Wildman–Crippen MR) is 125 cm³/mol. The number of nitrogens with zero attached hydrogens (tertiary/aromatic N) is 2. The number of piperidine rings is 1. The number of nitrogens with one attached hydrogen (secondary N) is 2. The van der Waals surface area contributed by atoms with E-state index in [1.54, 1.807) is 24.4 Å². The fourth-order valence-corrected chi connectivity index (χ4v) is 4.58. The highest BCUT2D eigenvalue weighted by Crippen LogP contribution is 2.40. The Bertz CT molecular complexity index is 916. The number of benzene rings is 1. The van der Waals surface area contributed by atoms with E-state index in [9.17, 15) is 14.0 Å². The van der Waals surface area contributed by atoms with E-state index in [-0.39, 0.29) is 17.6 Å². The third-order valence-corrected chi connectivity index (χ3v) is 6.58. The van der Waals surface area contributed by atoms with Crippen LogP contribution in [0.1, 0.15) is 66.9 Å². The van der Waals surface area contributed by atoms with Crippen molar-refractivity contribution in [2.24, 2.45) is 0 Å². The second kappa shape index (κ2) is 11.4. The molecule has 2 heterocycles. The lowest BCUT2D eigenvalue weighted by molar-refractivity contribution is -0.134. The van der Waals surface area contributed by atoms with E-state index in [0.29, 0.717) is 24.1 Å². The molecule has 176 valence electrons. The molecule has 2 aliphatic rings. The van der Waals surface area contributed by atoms with E-state index in [0.717, 1.165) is 58.2 Å². The van der Waals surface area contributed by atoms with E-state index >= 15 is 0 Å². The molecule has 4 rings (SSSR count). The van der Waals surface area contributed by atoms with Crippen molar-refractivity contribution < 1.29 is 14.0 Å². The topological polar surface area (TPSA) is 74.3 Å². The molecule has 2 aromatic rings. The van der Waals surface area contributed by atoms with Gasteiger partial charge in [-0.25, -0.2) is 4.39 Å². The molecular weight excluding hydrogens is 419 g/mol. The van der Waals surface area contributed by atoms with Crippen molar-refractivity contribution in [1.29, 1.82) is 0 Å². The van der Waals surface area contributed by atoms with Gasteiger partial charge in [0, 0.05) is 31.2 Å². The summed E-state index contributed by atoms with van der Waals surface area (Å²) >= 11 is 0. The molecule has 2 amide bonds. The van der Waals surface area contributed by atoms with E-state index in [2.05, 4.69) is 15.6 Å². The van der Waals surface area contributed by atoms with Crippen molar-refractivity contribution in [2.45, 2.75) is 62.9 Å². The molecule has 1 aromatic carbocycles. The first-order valence-electron chi connectivity index (χ1n) is 12.1. The lowest BCUT2D eigenvalue weighted by Gasteiger charge is -2.30. The van der Waals surface area contributed by atoms with Crippen LogP contribution in [0, 0.1) is 5.82 Å². The minimum Gasteiger partial charge on any atom is -0.341 e. The molecule has 1 aliphatic heterocycles. The van der Waals surface area contributed by atoms with E-state index in [1.807, 2.05) is 17.0 Å². The zero-order valence-electron chi connectivity index (χ0n) is 19.0. The molecule has 1 saturated carbocycles. The van der Waals surface area contributed by atoms with Crippen LogP contribution < -0.4 is 10.6 Å². The summed E-state index contributed by atoms with van der Waals surface area (Å²) < 4.78 is 13.1. The Morgan fingerprint density at radius 3 is 2.58 bits per heavy atom. The lowest BCUT2D eigenvalue weighted by atomic mass is 10.0. The van der Waals surface area contributed by atoms with E-state index < -0.39 is 6.04 Å². The molecule has 1 saturated heterocycles. The van der Waals surface area contributed by atoms with Gasteiger partial charge >= 0.3 is 0 Å². The Balaban J connectivity index is 1.24. The third kappa shape index (κ3) is 6.60. The van der Waals surface area contributed by atoms with Crippen molar-refractivity contribution >= 4 is 11.8 Å². The Hall–Kier alpha value is -2.80. The van der Waals surface area contributed by atoms with E-state index in [4.69, 9.17) is 0 Å². The number of rotatable bonds is 10. The number of hydrogen-bond donors (Lipinski definition) is 2. The highest BCUT2D eigenvalue weighted by Gasteiger charge is 2.37. The van der Waals surface area contributed by atoms with Crippen LogP contribution in [-0.4, -0.2) is 53.4 Å². The summed E-state index contributed by atoms with van der Waals surface area (Å²) in [4.78, 5) is 31.8. The van der Waals surface area contributed by atoms with Crippen LogP contribution in [-0.2, 0) is 4.79 Å². The van der Waals surface area contributed by atoms with Crippen molar-refractivity contribution in [1.82, 2.24) is 20.5 Å². The monoisotopic (exact) mass is 452 g/mol. The fourth-order valence-electron chi connectivity index (χ4n) is 4.58. The highest BCUT2D eigenvalue weighted by molar-refractivity contribution is 5.96. The molecule has 0 spiro atoms. The Labute approximate surface area is 195 Å². The number of unbranched alkanes of at least 4 members (excludes halogenated alkanes) is 1. The van der Waals surface area contributed by atoms with Gasteiger partial charge in [0.1, 0.15) is 17.6 Å². The average molecular weight is 453 g/mol. The summed E-state index contributed by atoms with van der Waals surface area (Å²) in [6.07, 6.45) is 8.23. The summed E-state index contributed by atoms with van der Waals surface area (Å²) in [7, 11) is 0. The lowest BCUT2D eigenvalue weighted by Crippen LogP contribution is -2.50. The van der Waals surface area contributed by atoms with E-state index in [1.165, 1.54) is 17.7 Å². The smallest absolute Gasteiger partial charge is 0.270 e. The summed E-state index contributed by atoms with van der Waals surface area (Å²) in [5.41, 5.74) is 1.51. The molecule has 2 fully saturated rings. The number of aromatic nitrogens is 1. The maximum Gasteiger partial charge on any atom is 0.270 e. The number of carbonyl (C=O) groups excluding carboxylic acids is 2. The number of carbonyl (C=O) groups is 2. The molecule has 33 heavy (non-hydrogen) atoms. The number of halogens is 1. The zero-order chi connectivity index (χ0) is 23.0. The Morgan fingerprint density at radius 1 is 1.06 bits per heavy atom. The van der Waals surface area contributed by atoms with Crippen LogP contribution in [0.25, 0.3) is 0 Å². The van der Waals surface area contributed by atoms with Crippen molar-refractivity contribution in [3.05, 3.63) is 65.7 Å². The second-order valence-electron chi connectivity index (χ2n) is 9.08. The summed E-state index contributed by atoms with van der Waals surface area (Å²) in [6, 6.07) is 11.9. The van der Waals surface area contributed by atoms with Crippen LogP contribution >= 0.6 is 0 Å². The number of pyridine rings is 1. The van der Waals surface area contributed by atoms with Gasteiger partial charge in [0.15, 0.2) is 0 Å². The quantitative estimate of drug-likeness (QED) is 0.540. The molecule has 0 bridgehead atoms. The first-order valence-corrected chi connectivity index (χ1v) is 12.1. The standard InChI is InChI=1S/C26H33FN4O2/c27-20-12-10-19(11-13-20)21-18-24(21)29-15-5-3-9-23(26(33)31-16-6-1-7-17-31)30-25(32)22-8-2-4-14-28-22/h2,4,8,10-14,21,23-24,29H,1,3,5-7,9,15-18H2,(H,30,32)/t21-,23?,24+/m0/s1. The van der Waals surface area contributed by atoms with Crippen LogP contribution in [0.15, 0.2) is 48.7 Å². The largest absolute Gasteiger partial charge is 0.341 e. The van der Waals surface area contributed by atoms with Gasteiger partial charge in [0.25, 0.3) is 5.91 Å². The first kappa shape index (κ1) is 23.4. The molecule has 3 atom stereocenters. The molecule has 2 N–H and O–H groups in total. The summed E-state index contributed by atoms with van der Waals surface area (Å²) in [6.45, 7) is 2.40. The van der Waals surface area contributed by atoms with Crippen LogP contribution in [0.5, 0.6) is 0 Å². The van der Waals surface area contributed by atoms with Crippen molar-refractivity contribution in [2.75, 3.05) is 19.6 Å². The summed E-state index contributed by atoms with van der Waals surface area (Å²) in [5, 5.41) is 6.50. The van der Waals surface area contributed by atoms with Gasteiger partial charge in [-0.1, -0.05) is 18.2 Å².